The number of aromatic nitrogens is 2. The first-order valence-corrected chi connectivity index (χ1v) is 12.1. The van der Waals surface area contributed by atoms with Crippen molar-refractivity contribution < 1.29 is 14.1 Å². The average Bonchev–Trinajstić information content (AvgIpc) is 3.40. The fourth-order valence-electron chi connectivity index (χ4n) is 4.43. The highest BCUT2D eigenvalue weighted by Gasteiger charge is 2.35. The third kappa shape index (κ3) is 4.86. The number of rotatable bonds is 8. The minimum absolute atomic E-state index is 0.146. The van der Waals surface area contributed by atoms with E-state index in [1.807, 2.05) is 86.6 Å². The SMILES string of the molecule is CCOc1ccc(-c2noc(C3=C(C)N(CCc4ccccc4)C(=O)NC3c3ccccc3)n2)cc1. The van der Waals surface area contributed by atoms with Crippen molar-refractivity contribution in [1.29, 1.82) is 0 Å². The van der Waals surface area contributed by atoms with Gasteiger partial charge in [-0.05, 0) is 55.7 Å². The molecule has 2 heterocycles. The second kappa shape index (κ2) is 10.5. The summed E-state index contributed by atoms with van der Waals surface area (Å²) in [5.41, 5.74) is 4.52. The van der Waals surface area contributed by atoms with Crippen molar-refractivity contribution in [2.45, 2.75) is 26.3 Å². The number of ether oxygens (including phenoxy) is 1. The lowest BCUT2D eigenvalue weighted by atomic mass is 9.94. The van der Waals surface area contributed by atoms with Crippen LogP contribution in [0.15, 0.2) is 95.1 Å². The molecule has 4 aromatic rings. The molecule has 5 rings (SSSR count). The Morgan fingerprint density at radius 2 is 1.67 bits per heavy atom. The number of carbonyl (C=O) groups excluding carboxylic acids is 1. The van der Waals surface area contributed by atoms with E-state index in [9.17, 15) is 4.79 Å². The van der Waals surface area contributed by atoms with Gasteiger partial charge in [-0.15, -0.1) is 0 Å². The Hall–Kier alpha value is -4.39. The lowest BCUT2D eigenvalue weighted by Gasteiger charge is -2.35. The average molecular weight is 481 g/mol. The molecular weight excluding hydrogens is 452 g/mol. The van der Waals surface area contributed by atoms with E-state index in [4.69, 9.17) is 14.2 Å². The zero-order valence-corrected chi connectivity index (χ0v) is 20.3. The van der Waals surface area contributed by atoms with Crippen molar-refractivity contribution in [3.8, 4) is 17.1 Å². The molecule has 182 valence electrons. The molecule has 2 amide bonds. The molecule has 0 fully saturated rings. The maximum atomic E-state index is 13.2. The maximum absolute atomic E-state index is 13.2. The van der Waals surface area contributed by atoms with E-state index >= 15 is 0 Å². The molecule has 1 unspecified atom stereocenters. The predicted octanol–water partition coefficient (Wildman–Crippen LogP) is 5.88. The number of amides is 2. The fourth-order valence-corrected chi connectivity index (χ4v) is 4.43. The van der Waals surface area contributed by atoms with Gasteiger partial charge in [-0.3, -0.25) is 4.90 Å². The van der Waals surface area contributed by atoms with E-state index in [2.05, 4.69) is 22.6 Å². The molecule has 7 heteroatoms. The van der Waals surface area contributed by atoms with E-state index in [1.54, 1.807) is 4.90 Å². The van der Waals surface area contributed by atoms with E-state index in [1.165, 1.54) is 5.56 Å². The molecule has 1 aliphatic rings. The van der Waals surface area contributed by atoms with Gasteiger partial charge in [-0.25, -0.2) is 4.79 Å². The number of hydrogen-bond donors (Lipinski definition) is 1. The molecule has 1 atom stereocenters. The smallest absolute Gasteiger partial charge is 0.322 e. The number of urea groups is 1. The molecule has 36 heavy (non-hydrogen) atoms. The molecule has 0 aliphatic carbocycles. The van der Waals surface area contributed by atoms with Gasteiger partial charge in [0, 0.05) is 17.8 Å². The minimum atomic E-state index is -0.402. The van der Waals surface area contributed by atoms with E-state index in [-0.39, 0.29) is 6.03 Å². The second-order valence-electron chi connectivity index (χ2n) is 8.56. The molecule has 1 aromatic heterocycles. The van der Waals surface area contributed by atoms with Crippen molar-refractivity contribution in [3.05, 3.63) is 108 Å². The van der Waals surface area contributed by atoms with Crippen LogP contribution in [0, 0.1) is 0 Å². The Morgan fingerprint density at radius 1 is 0.972 bits per heavy atom. The molecule has 1 aliphatic heterocycles. The zero-order valence-electron chi connectivity index (χ0n) is 20.3. The summed E-state index contributed by atoms with van der Waals surface area (Å²) in [5.74, 6) is 1.65. The summed E-state index contributed by atoms with van der Waals surface area (Å²) in [7, 11) is 0. The summed E-state index contributed by atoms with van der Waals surface area (Å²) >= 11 is 0. The van der Waals surface area contributed by atoms with Crippen LogP contribution in [-0.2, 0) is 6.42 Å². The number of allylic oxidation sites excluding steroid dienone is 1. The minimum Gasteiger partial charge on any atom is -0.494 e. The van der Waals surface area contributed by atoms with Crippen LogP contribution in [0.3, 0.4) is 0 Å². The van der Waals surface area contributed by atoms with Crippen molar-refractivity contribution in [2.24, 2.45) is 0 Å². The third-order valence-electron chi connectivity index (χ3n) is 6.28. The first-order chi connectivity index (χ1) is 17.6. The van der Waals surface area contributed by atoms with Gasteiger partial charge < -0.3 is 14.6 Å². The van der Waals surface area contributed by atoms with Crippen molar-refractivity contribution in [2.75, 3.05) is 13.2 Å². The van der Waals surface area contributed by atoms with E-state index in [0.29, 0.717) is 24.9 Å². The monoisotopic (exact) mass is 480 g/mol. The molecule has 0 bridgehead atoms. The van der Waals surface area contributed by atoms with E-state index < -0.39 is 6.04 Å². The zero-order chi connectivity index (χ0) is 24.9. The number of nitrogens with zero attached hydrogens (tertiary/aromatic N) is 3. The number of nitrogens with one attached hydrogen (secondary N) is 1. The first kappa shape index (κ1) is 23.4. The molecule has 0 radical (unpaired) electrons. The number of carbonyl (C=O) groups is 1. The van der Waals surface area contributed by atoms with Gasteiger partial charge >= 0.3 is 6.03 Å². The highest BCUT2D eigenvalue weighted by atomic mass is 16.5. The van der Waals surface area contributed by atoms with Crippen molar-refractivity contribution >= 4 is 11.6 Å². The lowest BCUT2D eigenvalue weighted by Crippen LogP contribution is -2.46. The summed E-state index contributed by atoms with van der Waals surface area (Å²) < 4.78 is 11.3. The highest BCUT2D eigenvalue weighted by Crippen LogP contribution is 2.37. The molecule has 0 saturated carbocycles. The fraction of sp³-hybridized carbons (Fsp3) is 0.207. The van der Waals surface area contributed by atoms with Crippen LogP contribution >= 0.6 is 0 Å². The summed E-state index contributed by atoms with van der Waals surface area (Å²) in [6.45, 7) is 5.03. The Morgan fingerprint density at radius 3 is 2.36 bits per heavy atom. The van der Waals surface area contributed by atoms with Gasteiger partial charge in [-0.1, -0.05) is 65.8 Å². The van der Waals surface area contributed by atoms with Crippen LogP contribution in [0.25, 0.3) is 17.0 Å². The van der Waals surface area contributed by atoms with Gasteiger partial charge in [0.15, 0.2) is 0 Å². The molecule has 0 spiro atoms. The standard InChI is InChI=1S/C29H28N4O3/c1-3-35-24-16-14-23(15-17-24)27-31-28(36-32-27)25-20(2)33(19-18-21-10-6-4-7-11-21)29(34)30-26(25)22-12-8-5-9-13-22/h4-17,26H,3,18-19H2,1-2H3,(H,30,34). The van der Waals surface area contributed by atoms with Crippen LogP contribution < -0.4 is 10.1 Å². The Balaban J connectivity index is 1.50. The van der Waals surface area contributed by atoms with Crippen LogP contribution in [0.2, 0.25) is 0 Å². The van der Waals surface area contributed by atoms with Crippen LogP contribution in [0.1, 0.15) is 36.9 Å². The van der Waals surface area contributed by atoms with Crippen LogP contribution in [0.4, 0.5) is 4.79 Å². The molecule has 1 N–H and O–H groups in total. The lowest BCUT2D eigenvalue weighted by molar-refractivity contribution is 0.205. The normalized spacial score (nSPS) is 15.7. The largest absolute Gasteiger partial charge is 0.494 e. The quantitative estimate of drug-likeness (QED) is 0.341. The van der Waals surface area contributed by atoms with Gasteiger partial charge in [0.05, 0.1) is 18.2 Å². The van der Waals surface area contributed by atoms with E-state index in [0.717, 1.165) is 34.6 Å². The van der Waals surface area contributed by atoms with Gasteiger partial charge in [-0.2, -0.15) is 4.98 Å². The molecule has 0 saturated heterocycles. The number of benzene rings is 3. The topological polar surface area (TPSA) is 80.5 Å². The Kier molecular flexibility index (Phi) is 6.80. The van der Waals surface area contributed by atoms with Gasteiger partial charge in [0.1, 0.15) is 5.75 Å². The highest BCUT2D eigenvalue weighted by molar-refractivity contribution is 5.86. The predicted molar refractivity (Wildman–Crippen MR) is 138 cm³/mol. The van der Waals surface area contributed by atoms with Gasteiger partial charge in [0.25, 0.3) is 5.89 Å². The Labute approximate surface area is 210 Å². The third-order valence-corrected chi connectivity index (χ3v) is 6.28. The molecule has 7 nitrogen and oxygen atoms in total. The maximum Gasteiger partial charge on any atom is 0.322 e. The summed E-state index contributed by atoms with van der Waals surface area (Å²) in [6, 6.07) is 27.0. The summed E-state index contributed by atoms with van der Waals surface area (Å²) in [6.07, 6.45) is 0.732. The van der Waals surface area contributed by atoms with Crippen molar-refractivity contribution in [3.63, 3.8) is 0 Å². The first-order valence-electron chi connectivity index (χ1n) is 12.1. The van der Waals surface area contributed by atoms with Crippen molar-refractivity contribution in [1.82, 2.24) is 20.4 Å². The van der Waals surface area contributed by atoms with Gasteiger partial charge in [0.2, 0.25) is 5.82 Å². The molecule has 3 aromatic carbocycles. The summed E-state index contributed by atoms with van der Waals surface area (Å²) in [5, 5.41) is 7.40. The molecular formula is C29H28N4O3. The van der Waals surface area contributed by atoms with Crippen LogP contribution in [-0.4, -0.2) is 34.2 Å². The number of hydrogen-bond acceptors (Lipinski definition) is 5. The van der Waals surface area contributed by atoms with Crippen LogP contribution in [0.5, 0.6) is 5.75 Å². The second-order valence-corrected chi connectivity index (χ2v) is 8.56. The Bertz CT molecular complexity index is 1350. The summed E-state index contributed by atoms with van der Waals surface area (Å²) in [4.78, 5) is 19.7.